The van der Waals surface area contributed by atoms with Crippen LogP contribution < -0.4 is 4.74 Å². The zero-order valence-electron chi connectivity index (χ0n) is 10.9. The van der Waals surface area contributed by atoms with E-state index in [1.165, 1.54) is 6.07 Å². The van der Waals surface area contributed by atoms with E-state index in [9.17, 15) is 4.79 Å². The first-order valence-electron chi connectivity index (χ1n) is 5.99. The molecule has 0 aliphatic heterocycles. The van der Waals surface area contributed by atoms with Gasteiger partial charge in [-0.2, -0.15) is 0 Å². The largest absolute Gasteiger partial charge is 0.481 e. The second-order valence-corrected chi connectivity index (χ2v) is 6.01. The van der Waals surface area contributed by atoms with Gasteiger partial charge in [-0.15, -0.1) is 0 Å². The lowest BCUT2D eigenvalue weighted by molar-refractivity contribution is 0.0818. The molecule has 0 N–H and O–H groups in total. The van der Waals surface area contributed by atoms with E-state index in [4.69, 9.17) is 51.1 Å². The van der Waals surface area contributed by atoms with Crippen LogP contribution in [0.1, 0.15) is 17.3 Å². The standard InChI is InChI=1S/C15H10Cl4O2/c1-8(21-14-5-3-10(17)7-13(14)19)15(20)11-4-2-9(16)6-12(11)18/h2-8H,1H3. The molecule has 2 rings (SSSR count). The fraction of sp³-hybridized carbons (Fsp3) is 0.133. The van der Waals surface area contributed by atoms with Gasteiger partial charge in [-0.3, -0.25) is 4.79 Å². The van der Waals surface area contributed by atoms with E-state index in [1.54, 1.807) is 37.3 Å². The molecule has 0 bridgehead atoms. The molecular weight excluding hydrogens is 354 g/mol. The van der Waals surface area contributed by atoms with Crippen LogP contribution in [-0.2, 0) is 0 Å². The van der Waals surface area contributed by atoms with Crippen molar-refractivity contribution in [1.82, 2.24) is 0 Å². The van der Waals surface area contributed by atoms with E-state index in [0.717, 1.165) is 0 Å². The fourth-order valence-electron chi connectivity index (χ4n) is 1.72. The molecule has 110 valence electrons. The van der Waals surface area contributed by atoms with Gasteiger partial charge >= 0.3 is 0 Å². The van der Waals surface area contributed by atoms with Gasteiger partial charge in [-0.25, -0.2) is 0 Å². The van der Waals surface area contributed by atoms with Gasteiger partial charge in [0.05, 0.1) is 10.0 Å². The van der Waals surface area contributed by atoms with Crippen LogP contribution >= 0.6 is 46.4 Å². The van der Waals surface area contributed by atoms with Crippen LogP contribution in [0.5, 0.6) is 5.75 Å². The Morgan fingerprint density at radius 2 is 1.52 bits per heavy atom. The number of Topliss-reactive ketones (excluding diaryl/α,β-unsaturated/α-hetero) is 1. The van der Waals surface area contributed by atoms with Crippen molar-refractivity contribution in [3.63, 3.8) is 0 Å². The van der Waals surface area contributed by atoms with Crippen molar-refractivity contribution in [2.24, 2.45) is 0 Å². The number of ketones is 1. The van der Waals surface area contributed by atoms with Crippen molar-refractivity contribution >= 4 is 52.2 Å². The third-order valence-corrected chi connectivity index (χ3v) is 3.84. The number of carbonyl (C=O) groups excluding carboxylic acids is 1. The molecule has 0 heterocycles. The molecule has 2 nitrogen and oxygen atoms in total. The topological polar surface area (TPSA) is 26.3 Å². The second kappa shape index (κ2) is 6.89. The van der Waals surface area contributed by atoms with Crippen LogP contribution in [0, 0.1) is 0 Å². The predicted molar refractivity (Wildman–Crippen MR) is 87.3 cm³/mol. The molecule has 0 saturated heterocycles. The molecule has 0 aromatic heterocycles. The first-order valence-corrected chi connectivity index (χ1v) is 7.50. The van der Waals surface area contributed by atoms with E-state index in [1.807, 2.05) is 0 Å². The highest BCUT2D eigenvalue weighted by molar-refractivity contribution is 6.37. The predicted octanol–water partition coefficient (Wildman–Crippen LogP) is 5.95. The zero-order chi connectivity index (χ0) is 15.6. The van der Waals surface area contributed by atoms with E-state index in [0.29, 0.717) is 26.4 Å². The molecule has 0 amide bonds. The molecule has 1 atom stereocenters. The van der Waals surface area contributed by atoms with Gasteiger partial charge in [0, 0.05) is 15.6 Å². The van der Waals surface area contributed by atoms with Crippen molar-refractivity contribution in [1.29, 1.82) is 0 Å². The summed E-state index contributed by atoms with van der Waals surface area (Å²) >= 11 is 23.7. The minimum absolute atomic E-state index is 0.261. The summed E-state index contributed by atoms with van der Waals surface area (Å²) in [7, 11) is 0. The minimum atomic E-state index is -0.748. The van der Waals surface area contributed by atoms with Crippen molar-refractivity contribution in [3.8, 4) is 5.75 Å². The average Bonchev–Trinajstić information content (AvgIpc) is 2.41. The summed E-state index contributed by atoms with van der Waals surface area (Å²) in [6.45, 7) is 1.62. The molecule has 6 heteroatoms. The monoisotopic (exact) mass is 362 g/mol. The Labute approximate surface area is 142 Å². The molecule has 0 aliphatic rings. The van der Waals surface area contributed by atoms with Crippen molar-refractivity contribution in [2.45, 2.75) is 13.0 Å². The molecule has 0 fully saturated rings. The zero-order valence-corrected chi connectivity index (χ0v) is 13.9. The Balaban J connectivity index is 2.19. The maximum Gasteiger partial charge on any atom is 0.204 e. The van der Waals surface area contributed by atoms with Gasteiger partial charge in [0.25, 0.3) is 0 Å². The summed E-state index contributed by atoms with van der Waals surface area (Å²) in [5.41, 5.74) is 0.346. The Kier molecular flexibility index (Phi) is 5.39. The van der Waals surface area contributed by atoms with Gasteiger partial charge < -0.3 is 4.74 Å². The van der Waals surface area contributed by atoms with Crippen LogP contribution in [-0.4, -0.2) is 11.9 Å². The minimum Gasteiger partial charge on any atom is -0.481 e. The second-order valence-electron chi connectivity index (χ2n) is 4.32. The van der Waals surface area contributed by atoms with E-state index >= 15 is 0 Å². The van der Waals surface area contributed by atoms with Gasteiger partial charge in [0.15, 0.2) is 6.10 Å². The summed E-state index contributed by atoms with van der Waals surface area (Å²) in [6.07, 6.45) is -0.748. The van der Waals surface area contributed by atoms with Crippen LogP contribution in [0.4, 0.5) is 0 Å². The maximum absolute atomic E-state index is 12.3. The number of benzene rings is 2. The van der Waals surface area contributed by atoms with Gasteiger partial charge in [0.1, 0.15) is 5.75 Å². The third kappa shape index (κ3) is 4.04. The summed E-state index contributed by atoms with van der Waals surface area (Å²) in [6, 6.07) is 9.47. The molecule has 0 saturated carbocycles. The first-order chi connectivity index (χ1) is 9.88. The maximum atomic E-state index is 12.3. The molecular formula is C15H10Cl4O2. The molecule has 0 aliphatic carbocycles. The van der Waals surface area contributed by atoms with E-state index < -0.39 is 6.10 Å². The van der Waals surface area contributed by atoms with E-state index in [2.05, 4.69) is 0 Å². The molecule has 0 spiro atoms. The third-order valence-electron chi connectivity index (χ3n) is 2.76. The number of hydrogen-bond acceptors (Lipinski definition) is 2. The Morgan fingerprint density at radius 1 is 0.952 bits per heavy atom. The van der Waals surface area contributed by atoms with Crippen LogP contribution in [0.3, 0.4) is 0 Å². The van der Waals surface area contributed by atoms with E-state index in [-0.39, 0.29) is 10.8 Å². The fourth-order valence-corrected chi connectivity index (χ4v) is 2.68. The lowest BCUT2D eigenvalue weighted by Gasteiger charge is -2.15. The molecule has 1 unspecified atom stereocenters. The highest BCUT2D eigenvalue weighted by Gasteiger charge is 2.20. The van der Waals surface area contributed by atoms with Crippen molar-refractivity contribution < 1.29 is 9.53 Å². The summed E-state index contributed by atoms with van der Waals surface area (Å²) in [5, 5.41) is 1.58. The number of ether oxygens (including phenoxy) is 1. The molecule has 0 radical (unpaired) electrons. The molecule has 21 heavy (non-hydrogen) atoms. The first kappa shape index (κ1) is 16.4. The molecule has 2 aromatic carbocycles. The highest BCUT2D eigenvalue weighted by Crippen LogP contribution is 2.29. The molecule has 2 aromatic rings. The van der Waals surface area contributed by atoms with Crippen molar-refractivity contribution in [2.75, 3.05) is 0 Å². The van der Waals surface area contributed by atoms with Crippen LogP contribution in [0.25, 0.3) is 0 Å². The number of rotatable bonds is 4. The summed E-state index contributed by atoms with van der Waals surface area (Å²) in [5.74, 6) is 0.120. The average molecular weight is 364 g/mol. The summed E-state index contributed by atoms with van der Waals surface area (Å²) in [4.78, 5) is 12.3. The quantitative estimate of drug-likeness (QED) is 0.627. The lowest BCUT2D eigenvalue weighted by atomic mass is 10.1. The normalized spacial score (nSPS) is 12.0. The Hall–Kier alpha value is -0.930. The smallest absolute Gasteiger partial charge is 0.204 e. The van der Waals surface area contributed by atoms with Gasteiger partial charge in [-0.05, 0) is 43.3 Å². The number of carbonyl (C=O) groups is 1. The number of halogens is 4. The van der Waals surface area contributed by atoms with Gasteiger partial charge in [-0.1, -0.05) is 46.4 Å². The van der Waals surface area contributed by atoms with Gasteiger partial charge in [0.2, 0.25) is 5.78 Å². The summed E-state index contributed by atoms with van der Waals surface area (Å²) < 4.78 is 5.57. The van der Waals surface area contributed by atoms with Crippen molar-refractivity contribution in [3.05, 3.63) is 62.1 Å². The highest BCUT2D eigenvalue weighted by atomic mass is 35.5. The number of hydrogen-bond donors (Lipinski definition) is 0. The Bertz CT molecular complexity index is 685. The van der Waals surface area contributed by atoms with Crippen LogP contribution in [0.2, 0.25) is 20.1 Å². The Morgan fingerprint density at radius 3 is 2.10 bits per heavy atom. The SMILES string of the molecule is CC(Oc1ccc(Cl)cc1Cl)C(=O)c1ccc(Cl)cc1Cl. The van der Waals surface area contributed by atoms with Crippen LogP contribution in [0.15, 0.2) is 36.4 Å². The lowest BCUT2D eigenvalue weighted by Crippen LogP contribution is -2.24.